The lowest BCUT2D eigenvalue weighted by Gasteiger charge is -2.21. The van der Waals surface area contributed by atoms with E-state index in [1.165, 1.54) is 21.5 Å². The van der Waals surface area contributed by atoms with Crippen LogP contribution in [0.5, 0.6) is 0 Å². The molecule has 0 spiro atoms. The van der Waals surface area contributed by atoms with Crippen LogP contribution in [0.15, 0.2) is 12.7 Å². The fourth-order valence-electron chi connectivity index (χ4n) is 3.26. The zero-order chi connectivity index (χ0) is 17.8. The number of anilines is 1. The van der Waals surface area contributed by atoms with Gasteiger partial charge in [-0.1, -0.05) is 0 Å². The first-order valence-electron chi connectivity index (χ1n) is 7.81. The normalized spacial score (nSPS) is 32.6. The summed E-state index contributed by atoms with van der Waals surface area (Å²) in [6.45, 7) is 0.369. The van der Waals surface area contributed by atoms with Crippen LogP contribution in [0, 0.1) is 0 Å². The van der Waals surface area contributed by atoms with Gasteiger partial charge in [0.05, 0.1) is 12.1 Å². The summed E-state index contributed by atoms with van der Waals surface area (Å²) in [6.07, 6.45) is -1.11. The Morgan fingerprint density at radius 3 is 2.80 bits per heavy atom. The summed E-state index contributed by atoms with van der Waals surface area (Å²) >= 11 is 0. The summed E-state index contributed by atoms with van der Waals surface area (Å²) in [4.78, 5) is 12.0. The SMILES string of the molecule is Nc1ncnc2c1ncn2[C@@H]1O[C@H](CN2CCCS2(=O)=O)[C@@H](O)[C@H]1O. The average molecular weight is 370 g/mol. The predicted molar refractivity (Wildman–Crippen MR) is 85.6 cm³/mol. The highest BCUT2D eigenvalue weighted by Crippen LogP contribution is 2.33. The van der Waals surface area contributed by atoms with Gasteiger partial charge in [0.2, 0.25) is 10.0 Å². The van der Waals surface area contributed by atoms with E-state index < -0.39 is 34.6 Å². The van der Waals surface area contributed by atoms with Crippen LogP contribution in [0.4, 0.5) is 5.82 Å². The molecule has 0 aliphatic carbocycles. The Morgan fingerprint density at radius 2 is 2.08 bits per heavy atom. The largest absolute Gasteiger partial charge is 0.387 e. The first-order chi connectivity index (χ1) is 11.9. The van der Waals surface area contributed by atoms with Gasteiger partial charge in [-0.25, -0.2) is 23.4 Å². The number of hydrogen-bond acceptors (Lipinski definition) is 9. The number of nitrogens with zero attached hydrogens (tertiary/aromatic N) is 5. The zero-order valence-electron chi connectivity index (χ0n) is 13.1. The van der Waals surface area contributed by atoms with Crippen LogP contribution in [0.3, 0.4) is 0 Å². The van der Waals surface area contributed by atoms with Crippen LogP contribution < -0.4 is 5.73 Å². The Balaban J connectivity index is 1.60. The lowest BCUT2D eigenvalue weighted by atomic mass is 10.1. The van der Waals surface area contributed by atoms with Gasteiger partial charge in [0, 0.05) is 13.1 Å². The van der Waals surface area contributed by atoms with Crippen molar-refractivity contribution in [1.82, 2.24) is 23.8 Å². The van der Waals surface area contributed by atoms with E-state index in [1.807, 2.05) is 0 Å². The average Bonchev–Trinajstić information content (AvgIpc) is 3.21. The molecule has 4 atom stereocenters. The third kappa shape index (κ3) is 2.66. The van der Waals surface area contributed by atoms with E-state index >= 15 is 0 Å². The second kappa shape index (κ2) is 5.85. The molecule has 2 aromatic rings. The maximum atomic E-state index is 11.9. The molecule has 2 aliphatic rings. The highest BCUT2D eigenvalue weighted by Gasteiger charge is 2.46. The fraction of sp³-hybridized carbons (Fsp3) is 0.615. The molecule has 2 fully saturated rings. The number of aromatic nitrogens is 4. The quantitative estimate of drug-likeness (QED) is 0.559. The summed E-state index contributed by atoms with van der Waals surface area (Å²) < 4.78 is 32.4. The Morgan fingerprint density at radius 1 is 1.28 bits per heavy atom. The number of imidazole rings is 1. The van der Waals surface area contributed by atoms with Gasteiger partial charge < -0.3 is 20.7 Å². The number of fused-ring (bicyclic) bond motifs is 1. The monoisotopic (exact) mass is 370 g/mol. The van der Waals surface area contributed by atoms with Crippen molar-refractivity contribution in [3.8, 4) is 0 Å². The summed E-state index contributed by atoms with van der Waals surface area (Å²) in [5.74, 6) is 0.279. The minimum atomic E-state index is -3.32. The molecule has 4 N–H and O–H groups in total. The molecule has 12 heteroatoms. The third-order valence-electron chi connectivity index (χ3n) is 4.59. The van der Waals surface area contributed by atoms with E-state index in [-0.39, 0.29) is 18.1 Å². The van der Waals surface area contributed by atoms with Gasteiger partial charge >= 0.3 is 0 Å². The van der Waals surface area contributed by atoms with E-state index in [0.717, 1.165) is 0 Å². The lowest BCUT2D eigenvalue weighted by molar-refractivity contribution is -0.0382. The van der Waals surface area contributed by atoms with Crippen LogP contribution in [-0.2, 0) is 14.8 Å². The van der Waals surface area contributed by atoms with Crippen molar-refractivity contribution in [3.63, 3.8) is 0 Å². The minimum Gasteiger partial charge on any atom is -0.387 e. The molecule has 0 aromatic carbocycles. The van der Waals surface area contributed by atoms with Crippen LogP contribution in [0.1, 0.15) is 12.6 Å². The van der Waals surface area contributed by atoms with Gasteiger partial charge in [0.1, 0.15) is 30.2 Å². The smallest absolute Gasteiger partial charge is 0.214 e. The Kier molecular flexibility index (Phi) is 3.88. The standard InChI is InChI=1S/C13H18N6O5S/c14-11-8-12(16-5-15-11)19(6-17-8)13-10(21)9(20)7(24-13)4-18-2-1-3-25(18,22)23/h5-7,9-10,13,20-21H,1-4H2,(H2,14,15,16)/t7-,9-,10-,13-/m1/s1. The van der Waals surface area contributed by atoms with E-state index in [1.54, 1.807) is 0 Å². The number of sulfonamides is 1. The van der Waals surface area contributed by atoms with Crippen LogP contribution in [0.2, 0.25) is 0 Å². The second-order valence-corrected chi connectivity index (χ2v) is 8.25. The molecule has 0 bridgehead atoms. The van der Waals surface area contributed by atoms with Crippen molar-refractivity contribution in [2.45, 2.75) is 31.0 Å². The van der Waals surface area contributed by atoms with Gasteiger partial charge in [-0.05, 0) is 6.42 Å². The Bertz CT molecular complexity index is 901. The maximum Gasteiger partial charge on any atom is 0.214 e. The van der Waals surface area contributed by atoms with E-state index in [9.17, 15) is 18.6 Å². The highest BCUT2D eigenvalue weighted by molar-refractivity contribution is 7.89. The molecule has 11 nitrogen and oxygen atoms in total. The van der Waals surface area contributed by atoms with Gasteiger partial charge in [-0.15, -0.1) is 0 Å². The van der Waals surface area contributed by atoms with Crippen molar-refractivity contribution in [2.24, 2.45) is 0 Å². The third-order valence-corrected chi connectivity index (χ3v) is 6.51. The van der Waals surface area contributed by atoms with Crippen LogP contribution in [-0.4, -0.2) is 79.6 Å². The Hall–Kier alpha value is -1.86. The fourth-order valence-corrected chi connectivity index (χ4v) is 4.80. The molecule has 0 saturated carbocycles. The molecule has 0 radical (unpaired) electrons. The van der Waals surface area contributed by atoms with Crippen molar-refractivity contribution in [2.75, 3.05) is 24.6 Å². The van der Waals surface area contributed by atoms with Crippen LogP contribution in [0.25, 0.3) is 11.2 Å². The van der Waals surface area contributed by atoms with Crippen molar-refractivity contribution >= 4 is 27.0 Å². The Labute approximate surface area is 143 Å². The molecule has 2 aliphatic heterocycles. The van der Waals surface area contributed by atoms with Crippen molar-refractivity contribution < 1.29 is 23.4 Å². The number of nitrogens with two attached hydrogens (primary N) is 1. The molecule has 2 saturated heterocycles. The predicted octanol–water partition coefficient (Wildman–Crippen LogP) is -1.94. The maximum absolute atomic E-state index is 11.9. The summed E-state index contributed by atoms with van der Waals surface area (Å²) in [5.41, 5.74) is 6.46. The second-order valence-electron chi connectivity index (χ2n) is 6.16. The lowest BCUT2D eigenvalue weighted by Crippen LogP contribution is -2.40. The van der Waals surface area contributed by atoms with Crippen molar-refractivity contribution in [3.05, 3.63) is 12.7 Å². The number of aliphatic hydroxyl groups is 2. The number of nitrogen functional groups attached to an aromatic ring is 1. The van der Waals surface area contributed by atoms with E-state index in [0.29, 0.717) is 24.1 Å². The van der Waals surface area contributed by atoms with E-state index in [2.05, 4.69) is 15.0 Å². The topological polar surface area (TPSA) is 157 Å². The van der Waals surface area contributed by atoms with E-state index in [4.69, 9.17) is 10.5 Å². The molecule has 0 amide bonds. The van der Waals surface area contributed by atoms with Gasteiger partial charge in [0.25, 0.3) is 0 Å². The molecule has 136 valence electrons. The first kappa shape index (κ1) is 16.6. The van der Waals surface area contributed by atoms with Crippen LogP contribution >= 0.6 is 0 Å². The molecule has 2 aromatic heterocycles. The highest BCUT2D eigenvalue weighted by atomic mass is 32.2. The molecule has 0 unspecified atom stereocenters. The molecule has 4 heterocycles. The molecular weight excluding hydrogens is 352 g/mol. The summed E-state index contributed by atoms with van der Waals surface area (Å²) in [6, 6.07) is 0. The van der Waals surface area contributed by atoms with Gasteiger partial charge in [-0.2, -0.15) is 4.31 Å². The summed E-state index contributed by atoms with van der Waals surface area (Å²) in [5, 5.41) is 20.7. The van der Waals surface area contributed by atoms with Gasteiger partial charge in [0.15, 0.2) is 17.7 Å². The molecule has 4 rings (SSSR count). The summed E-state index contributed by atoms with van der Waals surface area (Å²) in [7, 11) is -3.32. The zero-order valence-corrected chi connectivity index (χ0v) is 13.9. The van der Waals surface area contributed by atoms with Crippen molar-refractivity contribution in [1.29, 1.82) is 0 Å². The minimum absolute atomic E-state index is 0.0131. The number of rotatable bonds is 3. The molecule has 25 heavy (non-hydrogen) atoms. The van der Waals surface area contributed by atoms with Gasteiger partial charge in [-0.3, -0.25) is 4.57 Å². The number of hydrogen-bond donors (Lipinski definition) is 3. The first-order valence-corrected chi connectivity index (χ1v) is 9.42. The number of aliphatic hydroxyl groups excluding tert-OH is 2. The number of ether oxygens (including phenoxy) is 1. The molecular formula is C13H18N6O5S.